The van der Waals surface area contributed by atoms with Gasteiger partial charge in [0.05, 0.1) is 25.3 Å². The van der Waals surface area contributed by atoms with Crippen LogP contribution < -0.4 is 5.73 Å². The summed E-state index contributed by atoms with van der Waals surface area (Å²) in [7, 11) is 0. The average molecular weight is 285 g/mol. The fraction of sp³-hybridized carbons (Fsp3) is 0.500. The molecule has 0 saturated carbocycles. The van der Waals surface area contributed by atoms with Crippen molar-refractivity contribution in [3.63, 3.8) is 0 Å². The highest BCUT2D eigenvalue weighted by molar-refractivity contribution is 5.94. The van der Waals surface area contributed by atoms with E-state index >= 15 is 0 Å². The molecule has 1 saturated heterocycles. The molecule has 2 rings (SSSR count). The molecular formula is C14H21ClN2O2. The zero-order valence-electron chi connectivity index (χ0n) is 11.3. The molecule has 2 unspecified atom stereocenters. The van der Waals surface area contributed by atoms with Crippen molar-refractivity contribution in [1.82, 2.24) is 4.90 Å². The van der Waals surface area contributed by atoms with E-state index < -0.39 is 0 Å². The molecule has 0 bridgehead atoms. The van der Waals surface area contributed by atoms with Crippen molar-refractivity contribution in [2.75, 3.05) is 13.2 Å². The van der Waals surface area contributed by atoms with Gasteiger partial charge in [0.2, 0.25) is 0 Å². The predicted octanol–water partition coefficient (Wildman–Crippen LogP) is 1.82. The molecule has 2 N–H and O–H groups in total. The number of nitrogens with zero attached hydrogens (tertiary/aromatic N) is 1. The van der Waals surface area contributed by atoms with Crippen LogP contribution in [0.4, 0.5) is 0 Å². The van der Waals surface area contributed by atoms with E-state index in [1.54, 1.807) is 0 Å². The maximum absolute atomic E-state index is 12.5. The summed E-state index contributed by atoms with van der Waals surface area (Å²) < 4.78 is 5.44. The third kappa shape index (κ3) is 3.47. The second-order valence-electron chi connectivity index (χ2n) is 4.85. The number of hydrogen-bond acceptors (Lipinski definition) is 3. The standard InChI is InChI=1S/C14H20N2O2.ClH/c1-10-8-18-9-11(2)16(10)14(17)13-5-3-12(7-15)4-6-13;/h3-6,10-11H,7-9,15H2,1-2H3;1H. The first-order valence-corrected chi connectivity index (χ1v) is 6.33. The molecule has 1 aromatic carbocycles. The molecule has 1 aliphatic heterocycles. The van der Waals surface area contributed by atoms with E-state index in [1.165, 1.54) is 0 Å². The van der Waals surface area contributed by atoms with Crippen LogP contribution >= 0.6 is 12.4 Å². The lowest BCUT2D eigenvalue weighted by atomic mass is 10.1. The number of benzene rings is 1. The first-order valence-electron chi connectivity index (χ1n) is 6.33. The Bertz CT molecular complexity index is 412. The first kappa shape index (κ1) is 16.0. The Kier molecular flexibility index (Phi) is 5.79. The number of ether oxygens (including phenoxy) is 1. The van der Waals surface area contributed by atoms with Gasteiger partial charge in [0.25, 0.3) is 5.91 Å². The van der Waals surface area contributed by atoms with Crippen molar-refractivity contribution in [2.24, 2.45) is 5.73 Å². The van der Waals surface area contributed by atoms with Gasteiger partial charge in [-0.15, -0.1) is 12.4 Å². The van der Waals surface area contributed by atoms with E-state index in [-0.39, 0.29) is 30.4 Å². The molecule has 1 amide bonds. The number of morpholine rings is 1. The molecule has 1 heterocycles. The van der Waals surface area contributed by atoms with Gasteiger partial charge >= 0.3 is 0 Å². The van der Waals surface area contributed by atoms with Crippen LogP contribution in [0.5, 0.6) is 0 Å². The minimum Gasteiger partial charge on any atom is -0.377 e. The smallest absolute Gasteiger partial charge is 0.254 e. The predicted molar refractivity (Wildman–Crippen MR) is 77.5 cm³/mol. The molecule has 4 nitrogen and oxygen atoms in total. The summed E-state index contributed by atoms with van der Waals surface area (Å²) >= 11 is 0. The Labute approximate surface area is 120 Å². The molecule has 1 aliphatic rings. The van der Waals surface area contributed by atoms with Gasteiger partial charge in [-0.05, 0) is 31.5 Å². The molecule has 5 heteroatoms. The summed E-state index contributed by atoms with van der Waals surface area (Å²) in [5.41, 5.74) is 7.30. The lowest BCUT2D eigenvalue weighted by Crippen LogP contribution is -2.52. The summed E-state index contributed by atoms with van der Waals surface area (Å²) in [6.45, 7) is 5.75. The molecule has 0 aromatic heterocycles. The Hall–Kier alpha value is -1.10. The quantitative estimate of drug-likeness (QED) is 0.901. The normalized spacial score (nSPS) is 22.8. The second kappa shape index (κ2) is 6.89. The van der Waals surface area contributed by atoms with Gasteiger partial charge in [-0.25, -0.2) is 0 Å². The average Bonchev–Trinajstić information content (AvgIpc) is 2.38. The van der Waals surface area contributed by atoms with Crippen molar-refractivity contribution in [3.8, 4) is 0 Å². The van der Waals surface area contributed by atoms with Gasteiger partial charge in [0.15, 0.2) is 0 Å². The summed E-state index contributed by atoms with van der Waals surface area (Å²) in [4.78, 5) is 14.4. The molecule has 0 spiro atoms. The van der Waals surface area contributed by atoms with E-state index in [0.29, 0.717) is 25.3 Å². The van der Waals surface area contributed by atoms with E-state index in [1.807, 2.05) is 43.0 Å². The molecule has 106 valence electrons. The van der Waals surface area contributed by atoms with Crippen molar-refractivity contribution in [3.05, 3.63) is 35.4 Å². The Morgan fingerprint density at radius 2 is 1.79 bits per heavy atom. The number of amides is 1. The zero-order valence-corrected chi connectivity index (χ0v) is 12.2. The van der Waals surface area contributed by atoms with Gasteiger partial charge in [0, 0.05) is 12.1 Å². The number of carbonyl (C=O) groups excluding carboxylic acids is 1. The summed E-state index contributed by atoms with van der Waals surface area (Å²) in [5, 5.41) is 0. The third-order valence-corrected chi connectivity index (χ3v) is 3.34. The maximum Gasteiger partial charge on any atom is 0.254 e. The van der Waals surface area contributed by atoms with E-state index in [9.17, 15) is 4.79 Å². The summed E-state index contributed by atoms with van der Waals surface area (Å²) in [6.07, 6.45) is 0. The lowest BCUT2D eigenvalue weighted by Gasteiger charge is -2.38. The summed E-state index contributed by atoms with van der Waals surface area (Å²) in [6, 6.07) is 7.75. The van der Waals surface area contributed by atoms with Gasteiger partial charge in [-0.1, -0.05) is 12.1 Å². The minimum absolute atomic E-state index is 0. The fourth-order valence-corrected chi connectivity index (χ4v) is 2.34. The van der Waals surface area contributed by atoms with Crippen molar-refractivity contribution in [2.45, 2.75) is 32.5 Å². The van der Waals surface area contributed by atoms with Crippen LogP contribution in [0.3, 0.4) is 0 Å². The third-order valence-electron chi connectivity index (χ3n) is 3.34. The van der Waals surface area contributed by atoms with Crippen molar-refractivity contribution < 1.29 is 9.53 Å². The largest absolute Gasteiger partial charge is 0.377 e. The van der Waals surface area contributed by atoms with Crippen LogP contribution in [0.15, 0.2) is 24.3 Å². The topological polar surface area (TPSA) is 55.6 Å². The van der Waals surface area contributed by atoms with Crippen LogP contribution in [0.2, 0.25) is 0 Å². The van der Waals surface area contributed by atoms with Crippen LogP contribution in [-0.2, 0) is 11.3 Å². The number of hydrogen-bond donors (Lipinski definition) is 1. The van der Waals surface area contributed by atoms with Gasteiger partial charge in [-0.3, -0.25) is 4.79 Å². The highest BCUT2D eigenvalue weighted by Crippen LogP contribution is 2.17. The maximum atomic E-state index is 12.5. The van der Waals surface area contributed by atoms with Crippen LogP contribution in [-0.4, -0.2) is 36.1 Å². The Morgan fingerprint density at radius 3 is 2.26 bits per heavy atom. The molecule has 2 atom stereocenters. The molecular weight excluding hydrogens is 264 g/mol. The number of rotatable bonds is 2. The van der Waals surface area contributed by atoms with E-state index in [4.69, 9.17) is 10.5 Å². The Balaban J connectivity index is 0.00000180. The fourth-order valence-electron chi connectivity index (χ4n) is 2.34. The van der Waals surface area contributed by atoms with Gasteiger partial charge in [0.1, 0.15) is 0 Å². The van der Waals surface area contributed by atoms with Crippen LogP contribution in [0, 0.1) is 0 Å². The lowest BCUT2D eigenvalue weighted by molar-refractivity contribution is -0.0249. The molecule has 1 aromatic rings. The first-order chi connectivity index (χ1) is 8.63. The number of halogens is 1. The number of carbonyl (C=O) groups is 1. The van der Waals surface area contributed by atoms with E-state index in [0.717, 1.165) is 5.56 Å². The molecule has 0 radical (unpaired) electrons. The SMILES string of the molecule is CC1COCC(C)N1C(=O)c1ccc(CN)cc1.Cl. The van der Waals surface area contributed by atoms with Crippen molar-refractivity contribution in [1.29, 1.82) is 0 Å². The highest BCUT2D eigenvalue weighted by Gasteiger charge is 2.30. The van der Waals surface area contributed by atoms with Gasteiger partial charge < -0.3 is 15.4 Å². The molecule has 1 fully saturated rings. The summed E-state index contributed by atoms with van der Waals surface area (Å²) in [5.74, 6) is 0.0712. The van der Waals surface area contributed by atoms with E-state index in [2.05, 4.69) is 0 Å². The Morgan fingerprint density at radius 1 is 1.26 bits per heavy atom. The number of nitrogens with two attached hydrogens (primary N) is 1. The highest BCUT2D eigenvalue weighted by atomic mass is 35.5. The minimum atomic E-state index is 0. The second-order valence-corrected chi connectivity index (χ2v) is 4.85. The van der Waals surface area contributed by atoms with Crippen LogP contribution in [0.1, 0.15) is 29.8 Å². The monoisotopic (exact) mass is 284 g/mol. The van der Waals surface area contributed by atoms with Crippen LogP contribution in [0.25, 0.3) is 0 Å². The van der Waals surface area contributed by atoms with Gasteiger partial charge in [-0.2, -0.15) is 0 Å². The molecule has 0 aliphatic carbocycles. The zero-order chi connectivity index (χ0) is 13.1. The van der Waals surface area contributed by atoms with Crippen molar-refractivity contribution >= 4 is 18.3 Å². The molecule has 19 heavy (non-hydrogen) atoms.